The summed E-state index contributed by atoms with van der Waals surface area (Å²) in [5, 5.41) is 4.27. The monoisotopic (exact) mass is 405 g/mol. The summed E-state index contributed by atoms with van der Waals surface area (Å²) >= 11 is 5.78. The fourth-order valence-electron chi connectivity index (χ4n) is 4.48. The minimum absolute atomic E-state index is 0.00600. The average Bonchev–Trinajstić information content (AvgIpc) is 3.19. The first-order valence-corrected chi connectivity index (χ1v) is 10.4. The third kappa shape index (κ3) is 3.65. The van der Waals surface area contributed by atoms with E-state index in [4.69, 9.17) is 12.2 Å². The molecule has 150 valence electrons. The zero-order valence-electron chi connectivity index (χ0n) is 17.3. The van der Waals surface area contributed by atoms with Gasteiger partial charge in [0.15, 0.2) is 5.11 Å². The van der Waals surface area contributed by atoms with Gasteiger partial charge in [-0.15, -0.1) is 0 Å². The molecule has 0 saturated carbocycles. The van der Waals surface area contributed by atoms with Crippen LogP contribution in [0.4, 0.5) is 0 Å². The van der Waals surface area contributed by atoms with Crippen molar-refractivity contribution in [3.63, 3.8) is 0 Å². The summed E-state index contributed by atoms with van der Waals surface area (Å²) in [5.74, 6) is 0. The molecule has 0 spiro atoms. The molecular formula is C23H27N5S. The van der Waals surface area contributed by atoms with E-state index in [0.717, 1.165) is 16.5 Å². The summed E-state index contributed by atoms with van der Waals surface area (Å²) in [6, 6.07) is 14.8. The highest BCUT2D eigenvalue weighted by Gasteiger charge is 2.41. The molecule has 29 heavy (non-hydrogen) atoms. The molecule has 0 unspecified atom stereocenters. The van der Waals surface area contributed by atoms with E-state index < -0.39 is 0 Å². The van der Waals surface area contributed by atoms with Crippen LogP contribution in [0.1, 0.15) is 60.3 Å². The summed E-state index contributed by atoms with van der Waals surface area (Å²) in [7, 11) is 0. The van der Waals surface area contributed by atoms with Crippen molar-refractivity contribution < 1.29 is 0 Å². The number of nitrogens with zero attached hydrogens (tertiary/aromatic N) is 4. The lowest BCUT2D eigenvalue weighted by Crippen LogP contribution is -2.29. The van der Waals surface area contributed by atoms with Crippen LogP contribution in [0.15, 0.2) is 54.9 Å². The van der Waals surface area contributed by atoms with Gasteiger partial charge in [0.05, 0.1) is 30.0 Å². The van der Waals surface area contributed by atoms with Crippen LogP contribution in [0.2, 0.25) is 0 Å². The van der Waals surface area contributed by atoms with Gasteiger partial charge in [-0.25, -0.2) is 0 Å². The van der Waals surface area contributed by atoms with Gasteiger partial charge >= 0.3 is 0 Å². The number of thiocarbonyl (C=S) groups is 1. The first-order chi connectivity index (χ1) is 14.0. The van der Waals surface area contributed by atoms with Crippen molar-refractivity contribution in [3.8, 4) is 0 Å². The summed E-state index contributed by atoms with van der Waals surface area (Å²) in [4.78, 5) is 11.4. The number of rotatable bonds is 5. The Morgan fingerprint density at radius 1 is 1.07 bits per heavy atom. The molecule has 1 saturated heterocycles. The Morgan fingerprint density at radius 2 is 1.79 bits per heavy atom. The van der Waals surface area contributed by atoms with Crippen molar-refractivity contribution >= 4 is 17.3 Å². The molecule has 1 fully saturated rings. The molecule has 3 aromatic rings. The molecule has 0 aromatic carbocycles. The normalized spacial score (nSPS) is 19.1. The van der Waals surface area contributed by atoms with Crippen LogP contribution in [-0.2, 0) is 6.54 Å². The SMILES string of the molecule is Cc1cc([C@H]2[C@@H](c3ccccn3)NC(=S)N2Cc2ccccn2)c(C)n1C(C)C. The Labute approximate surface area is 177 Å². The molecule has 1 N–H and O–H groups in total. The van der Waals surface area contributed by atoms with Gasteiger partial charge in [0, 0.05) is 29.8 Å². The van der Waals surface area contributed by atoms with Gasteiger partial charge in [0.25, 0.3) is 0 Å². The largest absolute Gasteiger partial charge is 0.352 e. The second-order valence-corrected chi connectivity index (χ2v) is 8.25. The van der Waals surface area contributed by atoms with Crippen molar-refractivity contribution in [2.45, 2.75) is 52.4 Å². The van der Waals surface area contributed by atoms with Crippen LogP contribution < -0.4 is 5.32 Å². The molecule has 5 nitrogen and oxygen atoms in total. The summed E-state index contributed by atoms with van der Waals surface area (Å²) in [5.41, 5.74) is 5.83. The molecule has 3 aromatic heterocycles. The average molecular weight is 406 g/mol. The molecule has 2 atom stereocenters. The number of hydrogen-bond donors (Lipinski definition) is 1. The smallest absolute Gasteiger partial charge is 0.170 e. The predicted molar refractivity (Wildman–Crippen MR) is 120 cm³/mol. The van der Waals surface area contributed by atoms with Gasteiger partial charge in [0.2, 0.25) is 0 Å². The van der Waals surface area contributed by atoms with E-state index in [0.29, 0.717) is 12.6 Å². The summed E-state index contributed by atoms with van der Waals surface area (Å²) in [6.07, 6.45) is 3.67. The maximum absolute atomic E-state index is 5.78. The number of pyridine rings is 2. The number of nitrogens with one attached hydrogen (secondary N) is 1. The van der Waals surface area contributed by atoms with E-state index >= 15 is 0 Å². The molecule has 1 aliphatic heterocycles. The van der Waals surface area contributed by atoms with E-state index in [1.165, 1.54) is 17.0 Å². The van der Waals surface area contributed by atoms with Gasteiger partial charge in [-0.05, 0) is 75.8 Å². The van der Waals surface area contributed by atoms with Crippen LogP contribution in [0, 0.1) is 13.8 Å². The molecule has 4 rings (SSSR count). The third-order valence-electron chi connectivity index (χ3n) is 5.61. The fourth-order valence-corrected chi connectivity index (χ4v) is 4.78. The van der Waals surface area contributed by atoms with E-state index in [1.807, 2.05) is 42.7 Å². The summed E-state index contributed by atoms with van der Waals surface area (Å²) < 4.78 is 2.39. The molecular weight excluding hydrogens is 378 g/mol. The van der Waals surface area contributed by atoms with E-state index in [-0.39, 0.29) is 12.1 Å². The molecule has 0 aliphatic carbocycles. The zero-order valence-corrected chi connectivity index (χ0v) is 18.1. The van der Waals surface area contributed by atoms with Crippen molar-refractivity contribution in [3.05, 3.63) is 83.2 Å². The van der Waals surface area contributed by atoms with Gasteiger partial charge in [-0.1, -0.05) is 12.1 Å². The van der Waals surface area contributed by atoms with Crippen molar-refractivity contribution in [1.29, 1.82) is 0 Å². The lowest BCUT2D eigenvalue weighted by molar-refractivity contribution is 0.306. The minimum Gasteiger partial charge on any atom is -0.352 e. The first-order valence-electron chi connectivity index (χ1n) is 10.0. The first kappa shape index (κ1) is 19.6. The number of hydrogen-bond acceptors (Lipinski definition) is 3. The predicted octanol–water partition coefficient (Wildman–Crippen LogP) is 4.65. The quantitative estimate of drug-likeness (QED) is 0.626. The molecule has 1 aliphatic rings. The zero-order chi connectivity index (χ0) is 20.5. The maximum atomic E-state index is 5.78. The number of aromatic nitrogens is 3. The fraction of sp³-hybridized carbons (Fsp3) is 0.348. The number of aryl methyl sites for hydroxylation is 1. The lowest BCUT2D eigenvalue weighted by Gasteiger charge is -2.28. The standard InChI is InChI=1S/C23H27N5S/c1-15(2)28-16(3)13-19(17(28)4)22-21(20-10-6-8-12-25-20)26-23(29)27(22)14-18-9-5-7-11-24-18/h5-13,15,21-22H,14H2,1-4H3,(H,26,29)/t21-,22+/m1/s1. The van der Waals surface area contributed by atoms with E-state index in [2.05, 4.69) is 64.6 Å². The Kier molecular flexibility index (Phi) is 5.37. The minimum atomic E-state index is -0.00600. The highest BCUT2D eigenvalue weighted by molar-refractivity contribution is 7.80. The third-order valence-corrected chi connectivity index (χ3v) is 5.97. The van der Waals surface area contributed by atoms with Crippen molar-refractivity contribution in [2.75, 3.05) is 0 Å². The molecule has 6 heteroatoms. The highest BCUT2D eigenvalue weighted by Crippen LogP contribution is 2.41. The Bertz CT molecular complexity index is 997. The van der Waals surface area contributed by atoms with Crippen LogP contribution in [-0.4, -0.2) is 24.5 Å². The second-order valence-electron chi connectivity index (χ2n) is 7.87. The Morgan fingerprint density at radius 3 is 2.38 bits per heavy atom. The van der Waals surface area contributed by atoms with Crippen LogP contribution in [0.5, 0.6) is 0 Å². The Balaban J connectivity index is 1.81. The maximum Gasteiger partial charge on any atom is 0.170 e. The van der Waals surface area contributed by atoms with Crippen molar-refractivity contribution in [2.24, 2.45) is 0 Å². The van der Waals surface area contributed by atoms with Gasteiger partial charge < -0.3 is 14.8 Å². The topological polar surface area (TPSA) is 46.0 Å². The van der Waals surface area contributed by atoms with Crippen LogP contribution in [0.3, 0.4) is 0 Å². The van der Waals surface area contributed by atoms with Crippen LogP contribution >= 0.6 is 12.2 Å². The molecule has 0 amide bonds. The van der Waals surface area contributed by atoms with Gasteiger partial charge in [-0.2, -0.15) is 0 Å². The highest BCUT2D eigenvalue weighted by atomic mass is 32.1. The van der Waals surface area contributed by atoms with Gasteiger partial charge in [-0.3, -0.25) is 9.97 Å². The van der Waals surface area contributed by atoms with E-state index in [9.17, 15) is 0 Å². The van der Waals surface area contributed by atoms with E-state index in [1.54, 1.807) is 0 Å². The second kappa shape index (κ2) is 7.95. The van der Waals surface area contributed by atoms with Crippen LogP contribution in [0.25, 0.3) is 0 Å². The lowest BCUT2D eigenvalue weighted by atomic mass is 9.96. The molecule has 0 bridgehead atoms. The molecule has 0 radical (unpaired) electrons. The molecule has 4 heterocycles. The summed E-state index contributed by atoms with van der Waals surface area (Å²) in [6.45, 7) is 9.49. The van der Waals surface area contributed by atoms with Gasteiger partial charge in [0.1, 0.15) is 0 Å². The Hall–Kier alpha value is -2.73. The van der Waals surface area contributed by atoms with Crippen molar-refractivity contribution in [1.82, 2.24) is 24.8 Å².